The van der Waals surface area contributed by atoms with E-state index in [1.165, 1.54) is 18.2 Å². The Hall–Kier alpha value is -2.09. The molecular formula is C9H7F3N4O. The van der Waals surface area contributed by atoms with E-state index in [4.69, 9.17) is 5.84 Å². The van der Waals surface area contributed by atoms with Crippen molar-refractivity contribution in [2.75, 3.05) is 0 Å². The van der Waals surface area contributed by atoms with Gasteiger partial charge in [-0.05, 0) is 18.2 Å². The van der Waals surface area contributed by atoms with Crippen LogP contribution in [0.2, 0.25) is 0 Å². The van der Waals surface area contributed by atoms with Gasteiger partial charge in [-0.3, -0.25) is 10.2 Å². The Morgan fingerprint density at radius 3 is 2.71 bits per heavy atom. The lowest BCUT2D eigenvalue weighted by molar-refractivity contribution is -0.144. The highest BCUT2D eigenvalue weighted by Gasteiger charge is 2.34. The van der Waals surface area contributed by atoms with Gasteiger partial charge in [-0.15, -0.1) is 0 Å². The second-order valence-corrected chi connectivity index (χ2v) is 3.29. The molecule has 0 atom stereocenters. The molecule has 8 heteroatoms. The number of hydrogen-bond acceptors (Lipinski definition) is 3. The zero-order valence-electron chi connectivity index (χ0n) is 8.30. The van der Waals surface area contributed by atoms with E-state index >= 15 is 0 Å². The molecule has 1 aromatic heterocycles. The molecule has 0 aliphatic heterocycles. The lowest BCUT2D eigenvalue weighted by atomic mass is 10.2. The predicted molar refractivity (Wildman–Crippen MR) is 52.7 cm³/mol. The van der Waals surface area contributed by atoms with Gasteiger partial charge in [-0.25, -0.2) is 10.8 Å². The number of nitrogen functional groups attached to an aromatic ring is 1. The molecule has 0 bridgehead atoms. The minimum Gasteiger partial charge on any atom is -0.334 e. The summed E-state index contributed by atoms with van der Waals surface area (Å²) in [5.41, 5.74) is 2.29. The third-order valence-corrected chi connectivity index (χ3v) is 2.14. The average Bonchev–Trinajstić information content (AvgIpc) is 2.70. The molecule has 0 saturated carbocycles. The zero-order chi connectivity index (χ0) is 12.6. The van der Waals surface area contributed by atoms with Crippen LogP contribution in [0.5, 0.6) is 0 Å². The van der Waals surface area contributed by atoms with E-state index < -0.39 is 17.9 Å². The quantitative estimate of drug-likeness (QED) is 0.400. The first-order chi connectivity index (χ1) is 7.91. The third kappa shape index (κ3) is 2.07. The Morgan fingerprint density at radius 2 is 2.12 bits per heavy atom. The van der Waals surface area contributed by atoms with Crippen LogP contribution < -0.4 is 11.3 Å². The number of nitrogens with two attached hydrogens (primary N) is 1. The van der Waals surface area contributed by atoms with Crippen molar-refractivity contribution in [1.29, 1.82) is 0 Å². The molecule has 0 radical (unpaired) electrons. The van der Waals surface area contributed by atoms with E-state index in [9.17, 15) is 18.0 Å². The molecular weight excluding hydrogens is 237 g/mol. The first-order valence-electron chi connectivity index (χ1n) is 4.49. The molecule has 0 spiro atoms. The van der Waals surface area contributed by atoms with Crippen molar-refractivity contribution in [3.63, 3.8) is 0 Å². The molecule has 2 aromatic rings. The highest BCUT2D eigenvalue weighted by Crippen LogP contribution is 2.28. The molecule has 17 heavy (non-hydrogen) atoms. The highest BCUT2D eigenvalue weighted by atomic mass is 19.4. The summed E-state index contributed by atoms with van der Waals surface area (Å²) in [6, 6.07) is 3.90. The van der Waals surface area contributed by atoms with Crippen LogP contribution in [0.3, 0.4) is 0 Å². The summed E-state index contributed by atoms with van der Waals surface area (Å²) in [5, 5.41) is 0. The summed E-state index contributed by atoms with van der Waals surface area (Å²) in [7, 11) is 0. The Labute approximate surface area is 92.8 Å². The SMILES string of the molecule is NNC(=O)c1ccc2nc(C(F)(F)F)[nH]c2c1. The van der Waals surface area contributed by atoms with Gasteiger partial charge in [0.25, 0.3) is 5.91 Å². The number of H-pyrrole nitrogens is 1. The normalized spacial score (nSPS) is 11.8. The van der Waals surface area contributed by atoms with Gasteiger partial charge < -0.3 is 4.98 Å². The number of fused-ring (bicyclic) bond motifs is 1. The average molecular weight is 244 g/mol. The van der Waals surface area contributed by atoms with Crippen molar-refractivity contribution in [2.45, 2.75) is 6.18 Å². The van der Waals surface area contributed by atoms with E-state index in [-0.39, 0.29) is 16.6 Å². The number of amides is 1. The van der Waals surface area contributed by atoms with Crippen LogP contribution in [-0.2, 0) is 6.18 Å². The van der Waals surface area contributed by atoms with E-state index in [1.54, 1.807) is 0 Å². The number of nitrogens with one attached hydrogen (secondary N) is 2. The maximum Gasteiger partial charge on any atom is 0.449 e. The van der Waals surface area contributed by atoms with Crippen molar-refractivity contribution in [2.24, 2.45) is 5.84 Å². The molecule has 0 unspecified atom stereocenters. The molecule has 0 fully saturated rings. The van der Waals surface area contributed by atoms with E-state index in [0.717, 1.165) is 0 Å². The second kappa shape index (κ2) is 3.74. The van der Waals surface area contributed by atoms with Crippen molar-refractivity contribution >= 4 is 16.9 Å². The maximum atomic E-state index is 12.4. The minimum absolute atomic E-state index is 0.124. The van der Waals surface area contributed by atoms with Gasteiger partial charge in [0.15, 0.2) is 0 Å². The number of nitrogens with zero attached hydrogens (tertiary/aromatic N) is 1. The molecule has 2 rings (SSSR count). The lowest BCUT2D eigenvalue weighted by Gasteiger charge is -1.99. The largest absolute Gasteiger partial charge is 0.449 e. The summed E-state index contributed by atoms with van der Waals surface area (Å²) >= 11 is 0. The van der Waals surface area contributed by atoms with E-state index in [2.05, 4.69) is 9.97 Å². The van der Waals surface area contributed by atoms with Crippen LogP contribution in [-0.4, -0.2) is 15.9 Å². The Morgan fingerprint density at radius 1 is 1.41 bits per heavy atom. The minimum atomic E-state index is -4.55. The van der Waals surface area contributed by atoms with Gasteiger partial charge >= 0.3 is 6.18 Å². The van der Waals surface area contributed by atoms with Gasteiger partial charge in [-0.1, -0.05) is 0 Å². The Balaban J connectivity index is 2.52. The molecule has 0 aliphatic rings. The van der Waals surface area contributed by atoms with Crippen molar-refractivity contribution in [1.82, 2.24) is 15.4 Å². The van der Waals surface area contributed by atoms with Crippen molar-refractivity contribution in [3.8, 4) is 0 Å². The smallest absolute Gasteiger partial charge is 0.334 e. The van der Waals surface area contributed by atoms with Crippen LogP contribution >= 0.6 is 0 Å². The number of imidazole rings is 1. The molecule has 90 valence electrons. The fourth-order valence-electron chi connectivity index (χ4n) is 1.37. The molecule has 0 aliphatic carbocycles. The molecule has 0 saturated heterocycles. The number of hydrogen-bond donors (Lipinski definition) is 3. The van der Waals surface area contributed by atoms with Gasteiger partial charge in [0.1, 0.15) is 0 Å². The van der Waals surface area contributed by atoms with Gasteiger partial charge in [0.2, 0.25) is 5.82 Å². The molecule has 4 N–H and O–H groups in total. The predicted octanol–water partition coefficient (Wildman–Crippen LogP) is 1.19. The molecule has 1 aromatic carbocycles. The Bertz CT molecular complexity index is 575. The van der Waals surface area contributed by atoms with Crippen LogP contribution in [0.1, 0.15) is 16.2 Å². The first-order valence-corrected chi connectivity index (χ1v) is 4.49. The van der Waals surface area contributed by atoms with Crippen molar-refractivity contribution < 1.29 is 18.0 Å². The van der Waals surface area contributed by atoms with Gasteiger partial charge in [-0.2, -0.15) is 13.2 Å². The third-order valence-electron chi connectivity index (χ3n) is 2.14. The fraction of sp³-hybridized carbons (Fsp3) is 0.111. The highest BCUT2D eigenvalue weighted by molar-refractivity contribution is 5.96. The number of carbonyl (C=O) groups is 1. The monoisotopic (exact) mass is 244 g/mol. The van der Waals surface area contributed by atoms with Crippen LogP contribution in [0.15, 0.2) is 18.2 Å². The number of rotatable bonds is 1. The molecule has 1 heterocycles. The Kier molecular flexibility index (Phi) is 2.50. The summed E-state index contributed by atoms with van der Waals surface area (Å²) in [6.45, 7) is 0. The van der Waals surface area contributed by atoms with Crippen LogP contribution in [0, 0.1) is 0 Å². The number of hydrazine groups is 1. The van der Waals surface area contributed by atoms with E-state index in [0.29, 0.717) is 0 Å². The van der Waals surface area contributed by atoms with Crippen LogP contribution in [0.25, 0.3) is 11.0 Å². The standard InChI is InChI=1S/C9H7F3N4O/c10-9(11,12)8-14-5-2-1-4(7(17)16-13)3-6(5)15-8/h1-3H,13H2,(H,14,15)(H,16,17). The maximum absolute atomic E-state index is 12.4. The number of benzene rings is 1. The first kappa shape index (κ1) is 11.4. The van der Waals surface area contributed by atoms with Crippen molar-refractivity contribution in [3.05, 3.63) is 29.6 Å². The number of halogens is 3. The van der Waals surface area contributed by atoms with E-state index in [1.807, 2.05) is 5.43 Å². The molecule has 5 nitrogen and oxygen atoms in total. The fourth-order valence-corrected chi connectivity index (χ4v) is 1.37. The number of alkyl halides is 3. The number of carbonyl (C=O) groups excluding carboxylic acids is 1. The lowest BCUT2D eigenvalue weighted by Crippen LogP contribution is -2.29. The summed E-state index contributed by atoms with van der Waals surface area (Å²) in [4.78, 5) is 16.6. The molecule has 1 amide bonds. The second-order valence-electron chi connectivity index (χ2n) is 3.29. The summed E-state index contributed by atoms with van der Waals surface area (Å²) < 4.78 is 37.1. The summed E-state index contributed by atoms with van der Waals surface area (Å²) in [5.74, 6) is 3.23. The van der Waals surface area contributed by atoms with Gasteiger partial charge in [0, 0.05) is 5.56 Å². The number of aromatic nitrogens is 2. The number of aromatic amines is 1. The van der Waals surface area contributed by atoms with Crippen LogP contribution in [0.4, 0.5) is 13.2 Å². The topological polar surface area (TPSA) is 83.8 Å². The summed E-state index contributed by atoms with van der Waals surface area (Å²) in [6.07, 6.45) is -4.55. The zero-order valence-corrected chi connectivity index (χ0v) is 8.30. The van der Waals surface area contributed by atoms with Gasteiger partial charge in [0.05, 0.1) is 11.0 Å².